The minimum atomic E-state index is -0.742. The minimum absolute atomic E-state index is 0.0615. The summed E-state index contributed by atoms with van der Waals surface area (Å²) in [4.78, 5) is 30.6. The molecule has 1 amide bonds. The molecule has 3 heterocycles. The van der Waals surface area contributed by atoms with Gasteiger partial charge in [-0.1, -0.05) is 23.7 Å². The van der Waals surface area contributed by atoms with E-state index < -0.39 is 17.3 Å². The zero-order valence-electron chi connectivity index (χ0n) is 21.8. The fraction of sp³-hybridized carbons (Fsp3) is 0.200. The lowest BCUT2D eigenvalue weighted by atomic mass is 10.0. The molecule has 0 saturated heterocycles. The van der Waals surface area contributed by atoms with Crippen molar-refractivity contribution in [1.29, 1.82) is 0 Å². The summed E-state index contributed by atoms with van der Waals surface area (Å²) < 4.78 is 30.6. The number of aromatic nitrogens is 4. The van der Waals surface area contributed by atoms with Crippen LogP contribution in [0.1, 0.15) is 51.0 Å². The molecule has 1 aliphatic carbocycles. The van der Waals surface area contributed by atoms with Crippen molar-refractivity contribution < 1.29 is 13.6 Å². The Morgan fingerprint density at radius 3 is 2.58 bits per heavy atom. The summed E-state index contributed by atoms with van der Waals surface area (Å²) in [6.45, 7) is 3.62. The first-order valence-corrected chi connectivity index (χ1v) is 13.1. The first-order valence-electron chi connectivity index (χ1n) is 12.7. The third-order valence-corrected chi connectivity index (χ3v) is 7.96. The Morgan fingerprint density at radius 1 is 1.10 bits per heavy atom. The van der Waals surface area contributed by atoms with Crippen LogP contribution in [0.5, 0.6) is 0 Å². The number of hydrogen-bond donors (Lipinski definition) is 2. The van der Waals surface area contributed by atoms with E-state index in [1.54, 1.807) is 37.4 Å². The molecule has 2 aromatic carbocycles. The Kier molecular flexibility index (Phi) is 6.26. The Balaban J connectivity index is 1.44. The number of nitrogens with one attached hydrogen (secondary N) is 2. The summed E-state index contributed by atoms with van der Waals surface area (Å²) in [6.07, 6.45) is 3.77. The van der Waals surface area contributed by atoms with Gasteiger partial charge in [-0.2, -0.15) is 5.10 Å². The number of fused-ring (bicyclic) bond motifs is 1. The largest absolute Gasteiger partial charge is 0.355 e. The molecule has 6 rings (SSSR count). The summed E-state index contributed by atoms with van der Waals surface area (Å²) in [7, 11) is 1.43. The van der Waals surface area contributed by atoms with Crippen LogP contribution in [0.2, 0.25) is 5.02 Å². The van der Waals surface area contributed by atoms with E-state index in [2.05, 4.69) is 20.5 Å². The average molecular weight is 560 g/mol. The van der Waals surface area contributed by atoms with Crippen LogP contribution in [0.4, 0.5) is 8.78 Å². The van der Waals surface area contributed by atoms with E-state index in [1.165, 1.54) is 29.9 Å². The summed E-state index contributed by atoms with van der Waals surface area (Å²) >= 11 is 6.67. The molecule has 5 aromatic rings. The highest BCUT2D eigenvalue weighted by molar-refractivity contribution is 6.31. The molecular weight excluding hydrogens is 536 g/mol. The van der Waals surface area contributed by atoms with E-state index >= 15 is 4.39 Å². The molecule has 3 aromatic heterocycles. The highest BCUT2D eigenvalue weighted by Gasteiger charge is 2.41. The van der Waals surface area contributed by atoms with Crippen LogP contribution in [0.25, 0.3) is 27.8 Å². The van der Waals surface area contributed by atoms with Crippen LogP contribution in [0.3, 0.4) is 0 Å². The predicted octanol–water partition coefficient (Wildman–Crippen LogP) is 5.95. The Hall–Kier alpha value is -4.37. The number of pyridine rings is 2. The smallest absolute Gasteiger partial charge is 0.274 e. The van der Waals surface area contributed by atoms with Gasteiger partial charge in [0.25, 0.3) is 11.5 Å². The van der Waals surface area contributed by atoms with Gasteiger partial charge in [-0.3, -0.25) is 24.2 Å². The van der Waals surface area contributed by atoms with Gasteiger partial charge >= 0.3 is 0 Å². The van der Waals surface area contributed by atoms with Gasteiger partial charge in [0, 0.05) is 29.9 Å². The molecular formula is C30H24ClF2N5O2. The number of carbonyl (C=O) groups excluding carboxylic acids is 1. The van der Waals surface area contributed by atoms with E-state index in [-0.39, 0.29) is 39.5 Å². The maximum atomic E-state index is 15.8. The maximum Gasteiger partial charge on any atom is 0.274 e. The van der Waals surface area contributed by atoms with Crippen molar-refractivity contribution in [3.8, 4) is 16.9 Å². The molecule has 1 saturated carbocycles. The van der Waals surface area contributed by atoms with Gasteiger partial charge in [-0.25, -0.2) is 8.78 Å². The van der Waals surface area contributed by atoms with Crippen LogP contribution in [-0.2, 0) is 0 Å². The van der Waals surface area contributed by atoms with Gasteiger partial charge in [0.15, 0.2) is 0 Å². The fourth-order valence-electron chi connectivity index (χ4n) is 5.42. The van der Waals surface area contributed by atoms with Crippen molar-refractivity contribution in [2.75, 3.05) is 7.05 Å². The van der Waals surface area contributed by atoms with Crippen molar-refractivity contribution in [2.45, 2.75) is 32.1 Å². The molecule has 0 unspecified atom stereocenters. The number of rotatable bonds is 5. The molecule has 0 aliphatic heterocycles. The summed E-state index contributed by atoms with van der Waals surface area (Å²) in [6, 6.07) is 11.5. The van der Waals surface area contributed by atoms with Crippen molar-refractivity contribution in [2.24, 2.45) is 0 Å². The number of halogens is 3. The molecule has 40 heavy (non-hydrogen) atoms. The second-order valence-corrected chi connectivity index (χ2v) is 10.5. The minimum Gasteiger partial charge on any atom is -0.355 e. The Bertz CT molecular complexity index is 1880. The number of aromatic amines is 1. The summed E-state index contributed by atoms with van der Waals surface area (Å²) in [5.41, 5.74) is 3.87. The highest BCUT2D eigenvalue weighted by Crippen LogP contribution is 2.55. The first-order chi connectivity index (χ1) is 19.2. The number of amides is 1. The van der Waals surface area contributed by atoms with E-state index in [1.807, 2.05) is 13.0 Å². The first kappa shape index (κ1) is 25.9. The Morgan fingerprint density at radius 2 is 1.85 bits per heavy atom. The number of benzene rings is 2. The number of hydrogen-bond acceptors (Lipinski definition) is 4. The number of nitrogens with zero attached hydrogens (tertiary/aromatic N) is 3. The zero-order valence-corrected chi connectivity index (χ0v) is 22.6. The second-order valence-electron chi connectivity index (χ2n) is 10.1. The highest BCUT2D eigenvalue weighted by atomic mass is 35.5. The number of carbonyl (C=O) groups is 1. The number of H-pyrrole nitrogens is 1. The van der Waals surface area contributed by atoms with Crippen LogP contribution >= 0.6 is 11.6 Å². The van der Waals surface area contributed by atoms with Gasteiger partial charge in [0.1, 0.15) is 16.7 Å². The zero-order chi connectivity index (χ0) is 28.3. The molecule has 2 atom stereocenters. The molecule has 7 nitrogen and oxygen atoms in total. The monoisotopic (exact) mass is 559 g/mol. The lowest BCUT2D eigenvalue weighted by Gasteiger charge is -2.17. The van der Waals surface area contributed by atoms with Crippen LogP contribution < -0.4 is 10.9 Å². The molecule has 2 N–H and O–H groups in total. The standard InChI is InChI=1S/C30H24ClF2N5O2/c1-14-12-35-23(21-10-24-22(13-36-37-24)26(28(21)33)29(39)34-3)11-25(14)38-15(2)8-20(27(31)30(38)40)19-9-18(19)16-4-6-17(32)7-5-16/h4-8,10-13,18-19H,9H2,1-3H3,(H,34,39)(H,36,37)/t18-,19+/m1/s1. The molecule has 202 valence electrons. The normalized spacial score (nSPS) is 16.4. The van der Waals surface area contributed by atoms with Crippen LogP contribution in [-0.4, -0.2) is 32.7 Å². The lowest BCUT2D eigenvalue weighted by Crippen LogP contribution is -2.23. The SMILES string of the molecule is CNC(=O)c1c(F)c(-c2cc(-n3c(C)cc([C@H]4C[C@@H]4c4ccc(F)cc4)c(Cl)c3=O)c(C)cn2)cc2[nH]ncc12. The third kappa shape index (κ3) is 4.17. The molecule has 0 radical (unpaired) electrons. The molecule has 1 aliphatic rings. The van der Waals surface area contributed by atoms with Crippen LogP contribution in [0.15, 0.2) is 59.7 Å². The predicted molar refractivity (Wildman–Crippen MR) is 149 cm³/mol. The molecule has 0 bridgehead atoms. The van der Waals surface area contributed by atoms with Crippen LogP contribution in [0, 0.1) is 25.5 Å². The van der Waals surface area contributed by atoms with E-state index in [4.69, 9.17) is 11.6 Å². The van der Waals surface area contributed by atoms with Gasteiger partial charge in [0.2, 0.25) is 0 Å². The maximum absolute atomic E-state index is 15.8. The van der Waals surface area contributed by atoms with Gasteiger partial charge in [-0.05, 0) is 79.1 Å². The topological polar surface area (TPSA) is 92.7 Å². The van der Waals surface area contributed by atoms with Crippen molar-refractivity contribution in [1.82, 2.24) is 25.1 Å². The molecule has 1 fully saturated rings. The van der Waals surface area contributed by atoms with Crippen molar-refractivity contribution >= 4 is 28.4 Å². The van der Waals surface area contributed by atoms with E-state index in [0.717, 1.165) is 17.5 Å². The van der Waals surface area contributed by atoms with Gasteiger partial charge in [0.05, 0.1) is 28.7 Å². The third-order valence-electron chi connectivity index (χ3n) is 7.58. The van der Waals surface area contributed by atoms with Gasteiger partial charge in [-0.15, -0.1) is 0 Å². The van der Waals surface area contributed by atoms with E-state index in [9.17, 15) is 14.0 Å². The summed E-state index contributed by atoms with van der Waals surface area (Å²) in [5, 5.41) is 9.67. The Labute approximate surface area is 232 Å². The fourth-order valence-corrected chi connectivity index (χ4v) is 5.70. The molecule has 10 heteroatoms. The summed E-state index contributed by atoms with van der Waals surface area (Å²) in [5.74, 6) is -1.40. The quantitative estimate of drug-likeness (QED) is 0.278. The van der Waals surface area contributed by atoms with Crippen molar-refractivity contribution in [3.05, 3.63) is 110 Å². The lowest BCUT2D eigenvalue weighted by molar-refractivity contribution is 0.0961. The number of aryl methyl sites for hydroxylation is 2. The molecule has 0 spiro atoms. The van der Waals surface area contributed by atoms with E-state index in [0.29, 0.717) is 27.8 Å². The van der Waals surface area contributed by atoms with Gasteiger partial charge < -0.3 is 5.32 Å². The average Bonchev–Trinajstić information content (AvgIpc) is 3.60. The van der Waals surface area contributed by atoms with Crippen molar-refractivity contribution in [3.63, 3.8) is 0 Å². The second kappa shape index (κ2) is 9.67.